The average Bonchev–Trinajstić information content (AvgIpc) is 3.02. The van der Waals surface area contributed by atoms with Crippen LogP contribution in [-0.2, 0) is 29.5 Å². The Morgan fingerprint density at radius 3 is 2.96 bits per heavy atom. The van der Waals surface area contributed by atoms with Crippen LogP contribution in [0.5, 0.6) is 0 Å². The first-order valence-corrected chi connectivity index (χ1v) is 9.24. The van der Waals surface area contributed by atoms with E-state index in [9.17, 15) is 4.79 Å². The molecule has 1 saturated heterocycles. The zero-order valence-corrected chi connectivity index (χ0v) is 15.5. The Balaban J connectivity index is 1.61. The molecule has 140 valence electrons. The molecule has 6 heteroatoms. The molecule has 0 bridgehead atoms. The van der Waals surface area contributed by atoms with Crippen LogP contribution in [0.2, 0.25) is 0 Å². The van der Waals surface area contributed by atoms with Gasteiger partial charge in [0.15, 0.2) is 0 Å². The van der Waals surface area contributed by atoms with E-state index in [2.05, 4.69) is 17.3 Å². The van der Waals surface area contributed by atoms with Gasteiger partial charge in [0.25, 0.3) is 5.91 Å². The third-order valence-corrected chi connectivity index (χ3v) is 4.60. The SMILES string of the molecule is CCCc1cc(C(=O)NC2CCOCC2OCc2ccccc2)n(C)n1. The summed E-state index contributed by atoms with van der Waals surface area (Å²) in [4.78, 5) is 12.7. The summed E-state index contributed by atoms with van der Waals surface area (Å²) in [7, 11) is 1.81. The van der Waals surface area contributed by atoms with E-state index in [1.54, 1.807) is 11.7 Å². The van der Waals surface area contributed by atoms with Crippen LogP contribution in [0.15, 0.2) is 36.4 Å². The van der Waals surface area contributed by atoms with E-state index in [0.29, 0.717) is 25.5 Å². The molecule has 2 heterocycles. The summed E-state index contributed by atoms with van der Waals surface area (Å²) in [5.41, 5.74) is 2.64. The zero-order valence-electron chi connectivity index (χ0n) is 15.5. The first-order chi connectivity index (χ1) is 12.7. The normalized spacial score (nSPS) is 20.1. The van der Waals surface area contributed by atoms with E-state index in [0.717, 1.165) is 30.5 Å². The van der Waals surface area contributed by atoms with Gasteiger partial charge < -0.3 is 14.8 Å². The topological polar surface area (TPSA) is 65.4 Å². The van der Waals surface area contributed by atoms with Gasteiger partial charge in [-0.3, -0.25) is 9.48 Å². The molecule has 0 aliphatic carbocycles. The molecule has 0 saturated carbocycles. The number of carbonyl (C=O) groups excluding carboxylic acids is 1. The van der Waals surface area contributed by atoms with Crippen molar-refractivity contribution in [3.05, 3.63) is 53.3 Å². The number of ether oxygens (including phenoxy) is 2. The van der Waals surface area contributed by atoms with Crippen molar-refractivity contribution in [2.75, 3.05) is 13.2 Å². The Bertz CT molecular complexity index is 714. The van der Waals surface area contributed by atoms with Crippen molar-refractivity contribution in [3.63, 3.8) is 0 Å². The van der Waals surface area contributed by atoms with Crippen molar-refractivity contribution in [1.29, 1.82) is 0 Å². The van der Waals surface area contributed by atoms with Gasteiger partial charge >= 0.3 is 0 Å². The van der Waals surface area contributed by atoms with Gasteiger partial charge in [0, 0.05) is 13.7 Å². The summed E-state index contributed by atoms with van der Waals surface area (Å²) in [6.45, 7) is 3.73. The average molecular weight is 357 g/mol. The highest BCUT2D eigenvalue weighted by Gasteiger charge is 2.29. The number of benzene rings is 1. The number of rotatable bonds is 7. The Labute approximate surface area is 154 Å². The monoisotopic (exact) mass is 357 g/mol. The van der Waals surface area contributed by atoms with E-state index in [1.807, 2.05) is 36.4 Å². The Morgan fingerprint density at radius 1 is 1.38 bits per heavy atom. The van der Waals surface area contributed by atoms with Crippen molar-refractivity contribution < 1.29 is 14.3 Å². The van der Waals surface area contributed by atoms with Gasteiger partial charge in [-0.2, -0.15) is 5.10 Å². The lowest BCUT2D eigenvalue weighted by atomic mass is 10.1. The van der Waals surface area contributed by atoms with Crippen molar-refractivity contribution >= 4 is 5.91 Å². The Hall–Kier alpha value is -2.18. The summed E-state index contributed by atoms with van der Waals surface area (Å²) in [5.74, 6) is -0.109. The zero-order chi connectivity index (χ0) is 18.4. The van der Waals surface area contributed by atoms with E-state index in [1.165, 1.54) is 0 Å². The Kier molecular flexibility index (Phi) is 6.41. The number of carbonyl (C=O) groups is 1. The number of aryl methyl sites for hydroxylation is 2. The third-order valence-electron chi connectivity index (χ3n) is 4.60. The highest BCUT2D eigenvalue weighted by Crippen LogP contribution is 2.15. The maximum Gasteiger partial charge on any atom is 0.269 e. The lowest BCUT2D eigenvalue weighted by Crippen LogP contribution is -2.50. The quantitative estimate of drug-likeness (QED) is 0.827. The first-order valence-electron chi connectivity index (χ1n) is 9.24. The predicted octanol–water partition coefficient (Wildman–Crippen LogP) is 2.48. The fourth-order valence-electron chi connectivity index (χ4n) is 3.18. The second-order valence-electron chi connectivity index (χ2n) is 6.67. The standard InChI is InChI=1S/C20H27N3O3/c1-3-7-16-12-18(23(2)22-16)20(24)21-17-10-11-25-14-19(17)26-13-15-8-5-4-6-9-15/h4-6,8-9,12,17,19H,3,7,10-11,13-14H2,1-2H3,(H,21,24). The number of hydrogen-bond donors (Lipinski definition) is 1. The Morgan fingerprint density at radius 2 is 2.19 bits per heavy atom. The number of hydrogen-bond acceptors (Lipinski definition) is 4. The predicted molar refractivity (Wildman–Crippen MR) is 98.9 cm³/mol. The fourth-order valence-corrected chi connectivity index (χ4v) is 3.18. The molecule has 1 aromatic heterocycles. The molecule has 1 aromatic carbocycles. The molecular formula is C20H27N3O3. The number of nitrogens with zero attached hydrogens (tertiary/aromatic N) is 2. The smallest absolute Gasteiger partial charge is 0.269 e. The maximum atomic E-state index is 12.7. The van der Waals surface area contributed by atoms with Crippen molar-refractivity contribution in [3.8, 4) is 0 Å². The summed E-state index contributed by atoms with van der Waals surface area (Å²) in [5, 5.41) is 7.52. The molecule has 2 unspecified atom stereocenters. The van der Waals surface area contributed by atoms with Gasteiger partial charge in [-0.05, 0) is 24.5 Å². The molecule has 2 aromatic rings. The van der Waals surface area contributed by atoms with E-state index in [4.69, 9.17) is 9.47 Å². The van der Waals surface area contributed by atoms with Crippen LogP contribution in [0, 0.1) is 0 Å². The van der Waals surface area contributed by atoms with E-state index in [-0.39, 0.29) is 18.1 Å². The van der Waals surface area contributed by atoms with Gasteiger partial charge in [-0.15, -0.1) is 0 Å². The van der Waals surface area contributed by atoms with E-state index >= 15 is 0 Å². The van der Waals surface area contributed by atoms with Crippen LogP contribution >= 0.6 is 0 Å². The lowest BCUT2D eigenvalue weighted by molar-refractivity contribution is -0.0736. The molecule has 1 N–H and O–H groups in total. The number of aromatic nitrogens is 2. The molecule has 1 aliphatic heterocycles. The molecule has 1 amide bonds. The van der Waals surface area contributed by atoms with Crippen LogP contribution in [0.1, 0.15) is 41.5 Å². The van der Waals surface area contributed by atoms with Crippen LogP contribution < -0.4 is 5.32 Å². The molecule has 26 heavy (non-hydrogen) atoms. The van der Waals surface area contributed by atoms with Gasteiger partial charge in [0.05, 0.1) is 24.9 Å². The molecule has 2 atom stereocenters. The maximum absolute atomic E-state index is 12.7. The third kappa shape index (κ3) is 4.71. The summed E-state index contributed by atoms with van der Waals surface area (Å²) >= 11 is 0. The minimum Gasteiger partial charge on any atom is -0.379 e. The highest BCUT2D eigenvalue weighted by atomic mass is 16.5. The minimum absolute atomic E-state index is 0.0653. The van der Waals surface area contributed by atoms with Gasteiger partial charge in [0.1, 0.15) is 11.8 Å². The van der Waals surface area contributed by atoms with Crippen molar-refractivity contribution in [1.82, 2.24) is 15.1 Å². The first kappa shape index (κ1) is 18.6. The molecule has 1 fully saturated rings. The molecule has 6 nitrogen and oxygen atoms in total. The van der Waals surface area contributed by atoms with E-state index < -0.39 is 0 Å². The highest BCUT2D eigenvalue weighted by molar-refractivity contribution is 5.92. The lowest BCUT2D eigenvalue weighted by Gasteiger charge is -2.32. The second kappa shape index (κ2) is 8.96. The van der Waals surface area contributed by atoms with Gasteiger partial charge in [0.2, 0.25) is 0 Å². The van der Waals surface area contributed by atoms with Crippen LogP contribution in [0.4, 0.5) is 0 Å². The van der Waals surface area contributed by atoms with Crippen LogP contribution in [0.3, 0.4) is 0 Å². The molecule has 3 rings (SSSR count). The van der Waals surface area contributed by atoms with Crippen LogP contribution in [-0.4, -0.2) is 41.0 Å². The van der Waals surface area contributed by atoms with Gasteiger partial charge in [-0.1, -0.05) is 43.7 Å². The summed E-state index contributed by atoms with van der Waals surface area (Å²) in [6.07, 6.45) is 2.47. The summed E-state index contributed by atoms with van der Waals surface area (Å²) in [6, 6.07) is 11.8. The molecule has 0 spiro atoms. The molecule has 0 radical (unpaired) electrons. The molecular weight excluding hydrogens is 330 g/mol. The van der Waals surface area contributed by atoms with Crippen molar-refractivity contribution in [2.24, 2.45) is 7.05 Å². The van der Waals surface area contributed by atoms with Crippen LogP contribution in [0.25, 0.3) is 0 Å². The van der Waals surface area contributed by atoms with Gasteiger partial charge in [-0.25, -0.2) is 0 Å². The molecule has 1 aliphatic rings. The number of nitrogens with one attached hydrogen (secondary N) is 1. The largest absolute Gasteiger partial charge is 0.379 e. The summed E-state index contributed by atoms with van der Waals surface area (Å²) < 4.78 is 13.2. The number of amides is 1. The van der Waals surface area contributed by atoms with Crippen molar-refractivity contribution in [2.45, 2.75) is 44.9 Å². The minimum atomic E-state index is -0.156. The fraction of sp³-hybridized carbons (Fsp3) is 0.500. The second-order valence-corrected chi connectivity index (χ2v) is 6.67.